The Morgan fingerprint density at radius 1 is 1.33 bits per heavy atom. The molecular formula is C10H20N4O. The molecule has 0 aromatic carbocycles. The molecule has 0 saturated carbocycles. The summed E-state index contributed by atoms with van der Waals surface area (Å²) in [6.45, 7) is 3.96. The number of hydrogen-bond acceptors (Lipinski definition) is 3. The molecule has 2 aliphatic heterocycles. The molecule has 0 aromatic rings. The maximum atomic E-state index is 11.6. The van der Waals surface area contributed by atoms with Gasteiger partial charge in [0.05, 0.1) is 0 Å². The molecule has 5 nitrogen and oxygen atoms in total. The lowest BCUT2D eigenvalue weighted by molar-refractivity contribution is 0.233. The van der Waals surface area contributed by atoms with Gasteiger partial charge in [0.15, 0.2) is 0 Å². The Bertz CT molecular complexity index is 227. The number of nitrogens with one attached hydrogen (secondary N) is 3. The number of amides is 2. The Kier molecular flexibility index (Phi) is 3.43. The SMILES string of the molecule is CN1CCC(NC(=O)N[C@@H]2CCNC2)C1. The molecular weight excluding hydrogens is 192 g/mol. The van der Waals surface area contributed by atoms with E-state index in [0.29, 0.717) is 12.1 Å². The summed E-state index contributed by atoms with van der Waals surface area (Å²) in [6.07, 6.45) is 2.10. The number of nitrogens with zero attached hydrogens (tertiary/aromatic N) is 1. The zero-order chi connectivity index (χ0) is 10.7. The van der Waals surface area contributed by atoms with Crippen LogP contribution in [0.3, 0.4) is 0 Å². The molecule has 0 spiro atoms. The van der Waals surface area contributed by atoms with Gasteiger partial charge in [-0.05, 0) is 33.0 Å². The third-order valence-electron chi connectivity index (χ3n) is 3.12. The fourth-order valence-electron chi connectivity index (χ4n) is 2.24. The van der Waals surface area contributed by atoms with E-state index in [4.69, 9.17) is 0 Å². The summed E-state index contributed by atoms with van der Waals surface area (Å²) in [4.78, 5) is 13.8. The molecule has 0 aromatic heterocycles. The van der Waals surface area contributed by atoms with Gasteiger partial charge in [0.25, 0.3) is 0 Å². The molecule has 3 N–H and O–H groups in total. The van der Waals surface area contributed by atoms with Crippen LogP contribution in [0.2, 0.25) is 0 Å². The summed E-state index contributed by atoms with van der Waals surface area (Å²) in [5.41, 5.74) is 0. The second-order valence-electron chi connectivity index (χ2n) is 4.56. The van der Waals surface area contributed by atoms with E-state index >= 15 is 0 Å². The van der Waals surface area contributed by atoms with E-state index in [1.165, 1.54) is 0 Å². The molecule has 15 heavy (non-hydrogen) atoms. The minimum atomic E-state index is -0.0102. The molecule has 2 aliphatic rings. The van der Waals surface area contributed by atoms with Crippen LogP contribution in [-0.2, 0) is 0 Å². The maximum absolute atomic E-state index is 11.6. The van der Waals surface area contributed by atoms with Gasteiger partial charge < -0.3 is 20.9 Å². The molecule has 2 fully saturated rings. The lowest BCUT2D eigenvalue weighted by atomic mass is 10.2. The van der Waals surface area contributed by atoms with Crippen LogP contribution in [0.15, 0.2) is 0 Å². The Balaban J connectivity index is 1.67. The highest BCUT2D eigenvalue weighted by atomic mass is 16.2. The molecule has 0 bridgehead atoms. The van der Waals surface area contributed by atoms with Crippen LogP contribution < -0.4 is 16.0 Å². The second kappa shape index (κ2) is 4.81. The van der Waals surface area contributed by atoms with Crippen LogP contribution in [0.4, 0.5) is 4.79 Å². The summed E-state index contributed by atoms with van der Waals surface area (Å²) in [6, 6.07) is 0.623. The van der Waals surface area contributed by atoms with Crippen molar-refractivity contribution in [3.8, 4) is 0 Å². The number of likely N-dealkylation sites (tertiary alicyclic amines) is 1. The smallest absolute Gasteiger partial charge is 0.315 e. The normalized spacial score (nSPS) is 31.8. The molecule has 2 heterocycles. The van der Waals surface area contributed by atoms with Gasteiger partial charge in [-0.3, -0.25) is 0 Å². The first-order chi connectivity index (χ1) is 7.24. The van der Waals surface area contributed by atoms with E-state index in [-0.39, 0.29) is 6.03 Å². The Labute approximate surface area is 90.6 Å². The van der Waals surface area contributed by atoms with Crippen molar-refractivity contribution in [2.75, 3.05) is 33.2 Å². The first-order valence-corrected chi connectivity index (χ1v) is 5.70. The minimum Gasteiger partial charge on any atom is -0.334 e. The molecule has 2 atom stereocenters. The summed E-state index contributed by atoms with van der Waals surface area (Å²) in [5, 5.41) is 9.23. The van der Waals surface area contributed by atoms with Gasteiger partial charge in [-0.15, -0.1) is 0 Å². The van der Waals surface area contributed by atoms with Gasteiger partial charge in [-0.2, -0.15) is 0 Å². The minimum absolute atomic E-state index is 0.0102. The van der Waals surface area contributed by atoms with E-state index in [1.807, 2.05) is 0 Å². The molecule has 1 unspecified atom stereocenters. The van der Waals surface area contributed by atoms with Gasteiger partial charge in [0, 0.05) is 25.2 Å². The lowest BCUT2D eigenvalue weighted by Gasteiger charge is -2.16. The Morgan fingerprint density at radius 3 is 2.73 bits per heavy atom. The fraction of sp³-hybridized carbons (Fsp3) is 0.900. The van der Waals surface area contributed by atoms with E-state index in [2.05, 4.69) is 27.9 Å². The van der Waals surface area contributed by atoms with Gasteiger partial charge in [0.2, 0.25) is 0 Å². The van der Waals surface area contributed by atoms with Crippen LogP contribution in [0.25, 0.3) is 0 Å². The highest BCUT2D eigenvalue weighted by Gasteiger charge is 2.22. The number of likely N-dealkylation sites (N-methyl/N-ethyl adjacent to an activating group) is 1. The third-order valence-corrected chi connectivity index (χ3v) is 3.12. The van der Waals surface area contributed by atoms with Crippen molar-refractivity contribution in [1.29, 1.82) is 0 Å². The predicted octanol–water partition coefficient (Wildman–Crippen LogP) is -0.648. The average molecular weight is 212 g/mol. The standard InChI is InChI=1S/C10H20N4O/c1-14-5-3-9(7-14)13-10(15)12-8-2-4-11-6-8/h8-9,11H,2-7H2,1H3,(H2,12,13,15)/t8-,9?/m1/s1. The number of hydrogen-bond donors (Lipinski definition) is 3. The van der Waals surface area contributed by atoms with Crippen molar-refractivity contribution in [2.24, 2.45) is 0 Å². The summed E-state index contributed by atoms with van der Waals surface area (Å²) in [7, 11) is 2.08. The summed E-state index contributed by atoms with van der Waals surface area (Å²) >= 11 is 0. The number of carbonyl (C=O) groups excluding carboxylic acids is 1. The fourth-order valence-corrected chi connectivity index (χ4v) is 2.24. The maximum Gasteiger partial charge on any atom is 0.315 e. The van der Waals surface area contributed by atoms with Gasteiger partial charge in [-0.25, -0.2) is 4.79 Å². The van der Waals surface area contributed by atoms with Crippen LogP contribution in [0.5, 0.6) is 0 Å². The monoisotopic (exact) mass is 212 g/mol. The second-order valence-corrected chi connectivity index (χ2v) is 4.56. The van der Waals surface area contributed by atoms with Crippen molar-refractivity contribution in [1.82, 2.24) is 20.9 Å². The van der Waals surface area contributed by atoms with Crippen molar-refractivity contribution in [3.63, 3.8) is 0 Å². The first kappa shape index (κ1) is 10.7. The molecule has 0 aliphatic carbocycles. The molecule has 2 amide bonds. The van der Waals surface area contributed by atoms with Gasteiger partial charge in [0.1, 0.15) is 0 Å². The topological polar surface area (TPSA) is 56.4 Å². The average Bonchev–Trinajstić information content (AvgIpc) is 2.77. The van der Waals surface area contributed by atoms with E-state index in [0.717, 1.165) is 39.0 Å². The first-order valence-electron chi connectivity index (χ1n) is 5.70. The third kappa shape index (κ3) is 3.07. The number of rotatable bonds is 2. The number of carbonyl (C=O) groups is 1. The Morgan fingerprint density at radius 2 is 2.13 bits per heavy atom. The van der Waals surface area contributed by atoms with Crippen LogP contribution in [0, 0.1) is 0 Å². The predicted molar refractivity (Wildman–Crippen MR) is 58.8 cm³/mol. The van der Waals surface area contributed by atoms with Crippen molar-refractivity contribution in [3.05, 3.63) is 0 Å². The summed E-state index contributed by atoms with van der Waals surface area (Å²) in [5.74, 6) is 0. The largest absolute Gasteiger partial charge is 0.334 e. The molecule has 5 heteroatoms. The molecule has 2 rings (SSSR count). The van der Waals surface area contributed by atoms with E-state index in [9.17, 15) is 4.79 Å². The van der Waals surface area contributed by atoms with Crippen molar-refractivity contribution >= 4 is 6.03 Å². The van der Waals surface area contributed by atoms with E-state index < -0.39 is 0 Å². The van der Waals surface area contributed by atoms with Crippen molar-refractivity contribution in [2.45, 2.75) is 24.9 Å². The lowest BCUT2D eigenvalue weighted by Crippen LogP contribution is -2.47. The quantitative estimate of drug-likeness (QED) is 0.570. The van der Waals surface area contributed by atoms with Crippen LogP contribution >= 0.6 is 0 Å². The highest BCUT2D eigenvalue weighted by molar-refractivity contribution is 5.74. The molecule has 2 saturated heterocycles. The van der Waals surface area contributed by atoms with Crippen LogP contribution in [-0.4, -0.2) is 56.2 Å². The molecule has 86 valence electrons. The van der Waals surface area contributed by atoms with Crippen molar-refractivity contribution < 1.29 is 4.79 Å². The number of urea groups is 1. The summed E-state index contributed by atoms with van der Waals surface area (Å²) < 4.78 is 0. The molecule has 0 radical (unpaired) electrons. The Hall–Kier alpha value is -0.810. The van der Waals surface area contributed by atoms with Gasteiger partial charge >= 0.3 is 6.03 Å². The van der Waals surface area contributed by atoms with Crippen LogP contribution in [0.1, 0.15) is 12.8 Å². The zero-order valence-corrected chi connectivity index (χ0v) is 9.25. The van der Waals surface area contributed by atoms with Gasteiger partial charge in [-0.1, -0.05) is 0 Å². The van der Waals surface area contributed by atoms with E-state index in [1.54, 1.807) is 0 Å². The highest BCUT2D eigenvalue weighted by Crippen LogP contribution is 2.05. The zero-order valence-electron chi connectivity index (χ0n) is 9.25.